The minimum absolute atomic E-state index is 0.490. The fourth-order valence-corrected chi connectivity index (χ4v) is 9.16. The standard InChI is InChI=1S/C54H30N6O/c55-31-33-14-13-19-38(28-33)59-45-23-10-8-21-40(45)49-51(59)48-39-20-7-11-24-46(39)60(52(48)50-41-22-9-12-25-47(41)61-53(49)50)44-27-26-36(29-37(44)32-56)43-30-42(34-15-3-1-4-16-34)57-54(58-43)35-17-5-2-6-18-35/h1-30H. The molecular weight excluding hydrogens is 749 g/mol. The summed E-state index contributed by atoms with van der Waals surface area (Å²) in [7, 11) is 0. The number of hydrogen-bond donors (Lipinski definition) is 0. The van der Waals surface area contributed by atoms with Gasteiger partial charge in [0, 0.05) is 43.9 Å². The average Bonchev–Trinajstić information content (AvgIpc) is 4.00. The Hall–Kier alpha value is -8.78. The second-order valence-electron chi connectivity index (χ2n) is 15.2. The molecule has 0 amide bonds. The van der Waals surface area contributed by atoms with Gasteiger partial charge in [0.25, 0.3) is 0 Å². The molecular formula is C54H30N6O. The monoisotopic (exact) mass is 778 g/mol. The number of benzene rings is 8. The number of nitriles is 2. The van der Waals surface area contributed by atoms with Crippen molar-refractivity contribution >= 4 is 65.6 Å². The predicted octanol–water partition coefficient (Wildman–Crippen LogP) is 13.3. The van der Waals surface area contributed by atoms with Crippen LogP contribution in [0, 0.1) is 22.7 Å². The van der Waals surface area contributed by atoms with E-state index in [1.807, 2.05) is 133 Å². The largest absolute Gasteiger partial charge is 0.455 e. The summed E-state index contributed by atoms with van der Waals surface area (Å²) in [5.41, 5.74) is 12.2. The van der Waals surface area contributed by atoms with Crippen LogP contribution in [0.3, 0.4) is 0 Å². The molecule has 0 atom stereocenters. The van der Waals surface area contributed by atoms with Gasteiger partial charge in [0.15, 0.2) is 5.82 Å². The highest BCUT2D eigenvalue weighted by Gasteiger charge is 2.28. The zero-order valence-corrected chi connectivity index (χ0v) is 32.4. The van der Waals surface area contributed by atoms with Crippen molar-refractivity contribution in [3.63, 3.8) is 0 Å². The van der Waals surface area contributed by atoms with Crippen LogP contribution in [0.25, 0.3) is 111 Å². The highest BCUT2D eigenvalue weighted by Crippen LogP contribution is 2.49. The molecule has 0 aliphatic heterocycles. The maximum Gasteiger partial charge on any atom is 0.160 e. The van der Waals surface area contributed by atoms with Crippen LogP contribution in [0.4, 0.5) is 0 Å². The zero-order valence-electron chi connectivity index (χ0n) is 32.4. The lowest BCUT2D eigenvalue weighted by atomic mass is 10.0. The van der Waals surface area contributed by atoms with Crippen LogP contribution in [0.5, 0.6) is 0 Å². The van der Waals surface area contributed by atoms with Crippen molar-refractivity contribution in [1.29, 1.82) is 10.5 Å². The van der Waals surface area contributed by atoms with Gasteiger partial charge in [0.2, 0.25) is 0 Å². The van der Waals surface area contributed by atoms with E-state index in [0.29, 0.717) is 22.6 Å². The number of para-hydroxylation sites is 3. The highest BCUT2D eigenvalue weighted by molar-refractivity contribution is 6.39. The van der Waals surface area contributed by atoms with Gasteiger partial charge in [-0.3, -0.25) is 0 Å². The molecule has 7 nitrogen and oxygen atoms in total. The van der Waals surface area contributed by atoms with Crippen LogP contribution in [0.2, 0.25) is 0 Å². The summed E-state index contributed by atoms with van der Waals surface area (Å²) in [4.78, 5) is 10.1. The van der Waals surface area contributed by atoms with Crippen molar-refractivity contribution in [3.05, 3.63) is 193 Å². The van der Waals surface area contributed by atoms with E-state index >= 15 is 0 Å². The molecule has 0 aliphatic carbocycles. The lowest BCUT2D eigenvalue weighted by Gasteiger charge is -2.14. The highest BCUT2D eigenvalue weighted by atomic mass is 16.3. The zero-order chi connectivity index (χ0) is 40.6. The number of fused-ring (bicyclic) bond motifs is 12. The molecule has 0 bridgehead atoms. The van der Waals surface area contributed by atoms with Crippen molar-refractivity contribution in [2.75, 3.05) is 0 Å². The molecule has 0 fully saturated rings. The summed E-state index contributed by atoms with van der Waals surface area (Å²) >= 11 is 0. The second kappa shape index (κ2) is 13.4. The maximum absolute atomic E-state index is 11.1. The molecule has 4 aromatic heterocycles. The fraction of sp³-hybridized carbons (Fsp3) is 0. The smallest absolute Gasteiger partial charge is 0.160 e. The van der Waals surface area contributed by atoms with Crippen LogP contribution in [0.15, 0.2) is 186 Å². The second-order valence-corrected chi connectivity index (χ2v) is 15.2. The molecule has 282 valence electrons. The molecule has 0 saturated carbocycles. The summed E-state index contributed by atoms with van der Waals surface area (Å²) in [6.07, 6.45) is 0. The molecule has 0 N–H and O–H groups in total. The molecule has 12 rings (SSSR count). The summed E-state index contributed by atoms with van der Waals surface area (Å²) < 4.78 is 11.4. The minimum atomic E-state index is 0.490. The maximum atomic E-state index is 11.1. The minimum Gasteiger partial charge on any atom is -0.455 e. The SMILES string of the molecule is N#Cc1cccc(-n2c3ccccc3c3c4oc5ccccc5c4c4c(c5ccccc5n4-c4ccc(-c5cc(-c6ccccc6)nc(-c6ccccc6)n5)cc4C#N)c32)c1. The van der Waals surface area contributed by atoms with E-state index in [0.717, 1.165) is 99.3 Å². The van der Waals surface area contributed by atoms with Gasteiger partial charge in [-0.05, 0) is 54.6 Å². The predicted molar refractivity (Wildman–Crippen MR) is 244 cm³/mol. The Kier molecular flexibility index (Phi) is 7.52. The molecule has 0 unspecified atom stereocenters. The Morgan fingerprint density at radius 2 is 1.07 bits per heavy atom. The van der Waals surface area contributed by atoms with E-state index < -0.39 is 0 Å². The number of nitrogens with zero attached hydrogens (tertiary/aromatic N) is 6. The molecule has 0 saturated heterocycles. The molecule has 8 aromatic carbocycles. The molecule has 0 spiro atoms. The van der Waals surface area contributed by atoms with Gasteiger partial charge in [-0.15, -0.1) is 0 Å². The van der Waals surface area contributed by atoms with Gasteiger partial charge in [-0.2, -0.15) is 10.5 Å². The first-order valence-electron chi connectivity index (χ1n) is 20.0. The van der Waals surface area contributed by atoms with Crippen LogP contribution >= 0.6 is 0 Å². The number of aromatic nitrogens is 4. The van der Waals surface area contributed by atoms with E-state index in [-0.39, 0.29) is 0 Å². The number of hydrogen-bond acceptors (Lipinski definition) is 5. The van der Waals surface area contributed by atoms with E-state index in [1.165, 1.54) is 0 Å². The quantitative estimate of drug-likeness (QED) is 0.173. The fourth-order valence-electron chi connectivity index (χ4n) is 9.16. The lowest BCUT2D eigenvalue weighted by Crippen LogP contribution is -2.00. The van der Waals surface area contributed by atoms with E-state index in [4.69, 9.17) is 14.4 Å². The number of rotatable bonds is 5. The summed E-state index contributed by atoms with van der Waals surface area (Å²) in [5.74, 6) is 0.607. The van der Waals surface area contributed by atoms with E-state index in [9.17, 15) is 10.5 Å². The molecule has 0 radical (unpaired) electrons. The van der Waals surface area contributed by atoms with Crippen LogP contribution in [0.1, 0.15) is 11.1 Å². The third-order valence-electron chi connectivity index (χ3n) is 11.8. The van der Waals surface area contributed by atoms with Crippen molar-refractivity contribution in [2.24, 2.45) is 0 Å². The average molecular weight is 779 g/mol. The lowest BCUT2D eigenvalue weighted by molar-refractivity contribution is 0.673. The molecule has 12 aromatic rings. The van der Waals surface area contributed by atoms with Gasteiger partial charge >= 0.3 is 0 Å². The van der Waals surface area contributed by atoms with Crippen molar-refractivity contribution in [3.8, 4) is 57.4 Å². The Bertz CT molecular complexity index is 3790. The van der Waals surface area contributed by atoms with Crippen LogP contribution in [-0.4, -0.2) is 19.1 Å². The third kappa shape index (κ3) is 5.15. The van der Waals surface area contributed by atoms with Crippen molar-refractivity contribution in [1.82, 2.24) is 19.1 Å². The van der Waals surface area contributed by atoms with Gasteiger partial charge in [-0.25, -0.2) is 9.97 Å². The molecule has 0 aliphatic rings. The molecule has 7 heteroatoms. The first-order valence-corrected chi connectivity index (χ1v) is 20.0. The third-order valence-corrected chi connectivity index (χ3v) is 11.8. The Labute approximate surface area is 348 Å². The van der Waals surface area contributed by atoms with Crippen LogP contribution in [-0.2, 0) is 0 Å². The molecule has 61 heavy (non-hydrogen) atoms. The Morgan fingerprint density at radius 1 is 0.459 bits per heavy atom. The molecule has 4 heterocycles. The summed E-state index contributed by atoms with van der Waals surface area (Å²) in [6.45, 7) is 0. The van der Waals surface area contributed by atoms with E-state index in [1.54, 1.807) is 0 Å². The van der Waals surface area contributed by atoms with Crippen LogP contribution < -0.4 is 0 Å². The van der Waals surface area contributed by atoms with Gasteiger partial charge < -0.3 is 13.6 Å². The number of furan rings is 1. The van der Waals surface area contributed by atoms with Gasteiger partial charge in [0.1, 0.15) is 17.2 Å². The summed E-state index contributed by atoms with van der Waals surface area (Å²) in [5, 5.41) is 27.1. The first kappa shape index (κ1) is 34.3. The summed E-state index contributed by atoms with van der Waals surface area (Å²) in [6, 6.07) is 65.7. The first-order chi connectivity index (χ1) is 30.2. The Morgan fingerprint density at radius 3 is 1.80 bits per heavy atom. The van der Waals surface area contributed by atoms with Gasteiger partial charge in [0.05, 0.1) is 67.1 Å². The topological polar surface area (TPSA) is 96.4 Å². The Balaban J connectivity index is 1.20. The van der Waals surface area contributed by atoms with Crippen molar-refractivity contribution < 1.29 is 4.42 Å². The normalized spacial score (nSPS) is 11.6. The van der Waals surface area contributed by atoms with E-state index in [2.05, 4.69) is 69.8 Å². The van der Waals surface area contributed by atoms with Crippen molar-refractivity contribution in [2.45, 2.75) is 0 Å². The van der Waals surface area contributed by atoms with Gasteiger partial charge in [-0.1, -0.05) is 127 Å².